The van der Waals surface area contributed by atoms with Crippen LogP contribution < -0.4 is 0 Å². The standard InChI is InChI=1S/C11H13BrF3N/c1-3-8(12)7(2)9-5-4-6-10(16-9)11(13,14)15/h4-8H,3H2,1-2H3. The first-order valence-electron chi connectivity index (χ1n) is 5.04. The van der Waals surface area contributed by atoms with Crippen molar-refractivity contribution in [3.63, 3.8) is 0 Å². The lowest BCUT2D eigenvalue weighted by Crippen LogP contribution is -2.14. The van der Waals surface area contributed by atoms with Crippen molar-refractivity contribution in [3.8, 4) is 0 Å². The molecule has 90 valence electrons. The third kappa shape index (κ3) is 3.20. The van der Waals surface area contributed by atoms with Gasteiger partial charge in [0.05, 0.1) is 0 Å². The Morgan fingerprint density at radius 2 is 2.00 bits per heavy atom. The Labute approximate surface area is 101 Å². The molecule has 0 N–H and O–H groups in total. The zero-order chi connectivity index (χ0) is 12.3. The Bertz CT molecular complexity index is 351. The van der Waals surface area contributed by atoms with Gasteiger partial charge in [-0.1, -0.05) is 35.8 Å². The van der Waals surface area contributed by atoms with Gasteiger partial charge in [0.1, 0.15) is 5.69 Å². The fourth-order valence-corrected chi connectivity index (χ4v) is 1.67. The Kier molecular flexibility index (Phi) is 4.35. The van der Waals surface area contributed by atoms with Gasteiger partial charge in [0.15, 0.2) is 0 Å². The van der Waals surface area contributed by atoms with Crippen LogP contribution in [0.15, 0.2) is 18.2 Å². The van der Waals surface area contributed by atoms with Crippen LogP contribution in [0, 0.1) is 0 Å². The number of aromatic nitrogens is 1. The normalized spacial score (nSPS) is 15.9. The van der Waals surface area contributed by atoms with E-state index >= 15 is 0 Å². The minimum atomic E-state index is -4.37. The summed E-state index contributed by atoms with van der Waals surface area (Å²) in [5.74, 6) is -0.0349. The zero-order valence-electron chi connectivity index (χ0n) is 9.05. The van der Waals surface area contributed by atoms with E-state index in [-0.39, 0.29) is 10.7 Å². The predicted octanol–water partition coefficient (Wildman–Crippen LogP) is 4.38. The van der Waals surface area contributed by atoms with Crippen molar-refractivity contribution in [3.05, 3.63) is 29.6 Å². The molecule has 2 atom stereocenters. The molecule has 0 aromatic carbocycles. The molecule has 1 nitrogen and oxygen atoms in total. The molecule has 0 aliphatic rings. The molecule has 0 saturated heterocycles. The smallest absolute Gasteiger partial charge is 0.248 e. The van der Waals surface area contributed by atoms with Crippen molar-refractivity contribution >= 4 is 15.9 Å². The molecule has 1 aromatic rings. The molecule has 0 spiro atoms. The SMILES string of the molecule is CCC(Br)C(C)c1cccc(C(F)(F)F)n1. The minimum Gasteiger partial charge on any atom is -0.248 e. The third-order valence-electron chi connectivity index (χ3n) is 2.46. The van der Waals surface area contributed by atoms with Crippen molar-refractivity contribution in [2.24, 2.45) is 0 Å². The lowest BCUT2D eigenvalue weighted by Gasteiger charge is -2.17. The van der Waals surface area contributed by atoms with Crippen molar-refractivity contribution in [1.82, 2.24) is 4.98 Å². The third-order valence-corrected chi connectivity index (χ3v) is 3.90. The molecule has 0 aliphatic heterocycles. The minimum absolute atomic E-state index is 0.0349. The molecule has 0 fully saturated rings. The van der Waals surface area contributed by atoms with Crippen LogP contribution in [0.4, 0.5) is 13.2 Å². The second kappa shape index (κ2) is 5.17. The van der Waals surface area contributed by atoms with E-state index in [4.69, 9.17) is 0 Å². The summed E-state index contributed by atoms with van der Waals surface area (Å²) in [5, 5.41) is 0. The van der Waals surface area contributed by atoms with Gasteiger partial charge in [-0.2, -0.15) is 13.2 Å². The topological polar surface area (TPSA) is 12.9 Å². The quantitative estimate of drug-likeness (QED) is 0.754. The summed E-state index contributed by atoms with van der Waals surface area (Å²) in [6.45, 7) is 3.84. The summed E-state index contributed by atoms with van der Waals surface area (Å²) in [6.07, 6.45) is -3.52. The maximum atomic E-state index is 12.4. The molecule has 2 unspecified atom stereocenters. The number of halogens is 4. The van der Waals surface area contributed by atoms with Gasteiger partial charge in [0.2, 0.25) is 0 Å². The summed E-state index contributed by atoms with van der Waals surface area (Å²) in [4.78, 5) is 3.80. The molecule has 1 aromatic heterocycles. The van der Waals surface area contributed by atoms with Gasteiger partial charge < -0.3 is 0 Å². The first kappa shape index (κ1) is 13.5. The van der Waals surface area contributed by atoms with Gasteiger partial charge in [0, 0.05) is 16.4 Å². The summed E-state index contributed by atoms with van der Waals surface area (Å²) >= 11 is 3.43. The van der Waals surface area contributed by atoms with Crippen molar-refractivity contribution in [2.45, 2.75) is 37.2 Å². The van der Waals surface area contributed by atoms with E-state index in [1.807, 2.05) is 13.8 Å². The molecule has 1 rings (SSSR count). The summed E-state index contributed by atoms with van der Waals surface area (Å²) in [7, 11) is 0. The fraction of sp³-hybridized carbons (Fsp3) is 0.545. The van der Waals surface area contributed by atoms with Crippen molar-refractivity contribution in [1.29, 1.82) is 0 Å². The van der Waals surface area contributed by atoms with Gasteiger partial charge in [0.25, 0.3) is 0 Å². The molecule has 0 radical (unpaired) electrons. The van der Waals surface area contributed by atoms with Crippen LogP contribution in [-0.4, -0.2) is 9.81 Å². The molecular weight excluding hydrogens is 283 g/mol. The van der Waals surface area contributed by atoms with Crippen LogP contribution in [0.2, 0.25) is 0 Å². The van der Waals surface area contributed by atoms with E-state index in [2.05, 4.69) is 20.9 Å². The van der Waals surface area contributed by atoms with Crippen LogP contribution in [-0.2, 0) is 6.18 Å². The number of hydrogen-bond acceptors (Lipinski definition) is 1. The highest BCUT2D eigenvalue weighted by Crippen LogP contribution is 2.30. The molecule has 1 heterocycles. The van der Waals surface area contributed by atoms with Crippen LogP contribution in [0.5, 0.6) is 0 Å². The Morgan fingerprint density at radius 3 is 2.50 bits per heavy atom. The first-order chi connectivity index (χ1) is 7.36. The molecule has 0 amide bonds. The lowest BCUT2D eigenvalue weighted by molar-refractivity contribution is -0.141. The summed E-state index contributed by atoms with van der Waals surface area (Å²) in [6, 6.07) is 4.02. The Balaban J connectivity index is 2.99. The lowest BCUT2D eigenvalue weighted by atomic mass is 10.0. The number of pyridine rings is 1. The van der Waals surface area contributed by atoms with Crippen LogP contribution in [0.1, 0.15) is 37.6 Å². The van der Waals surface area contributed by atoms with Gasteiger partial charge in [-0.15, -0.1) is 0 Å². The second-order valence-corrected chi connectivity index (χ2v) is 4.83. The average Bonchev–Trinajstić information content (AvgIpc) is 2.26. The molecule has 0 saturated carbocycles. The average molecular weight is 296 g/mol. The van der Waals surface area contributed by atoms with E-state index in [1.54, 1.807) is 6.07 Å². The van der Waals surface area contributed by atoms with E-state index in [0.717, 1.165) is 12.5 Å². The largest absolute Gasteiger partial charge is 0.433 e. The molecule has 0 aliphatic carbocycles. The molecule has 0 bridgehead atoms. The molecule has 5 heteroatoms. The number of hydrogen-bond donors (Lipinski definition) is 0. The van der Waals surface area contributed by atoms with Crippen molar-refractivity contribution < 1.29 is 13.2 Å². The van der Waals surface area contributed by atoms with Gasteiger partial charge in [-0.25, -0.2) is 4.98 Å². The Morgan fingerprint density at radius 1 is 1.38 bits per heavy atom. The summed E-state index contributed by atoms with van der Waals surface area (Å²) in [5.41, 5.74) is -0.355. The van der Waals surface area contributed by atoms with E-state index < -0.39 is 11.9 Å². The zero-order valence-corrected chi connectivity index (χ0v) is 10.6. The fourth-order valence-electron chi connectivity index (χ4n) is 1.40. The Hall–Kier alpha value is -0.580. The monoisotopic (exact) mass is 295 g/mol. The first-order valence-corrected chi connectivity index (χ1v) is 5.96. The van der Waals surface area contributed by atoms with E-state index in [9.17, 15) is 13.2 Å². The highest BCUT2D eigenvalue weighted by molar-refractivity contribution is 9.09. The van der Waals surface area contributed by atoms with Crippen LogP contribution in [0.3, 0.4) is 0 Å². The molecule has 16 heavy (non-hydrogen) atoms. The predicted molar refractivity (Wildman–Crippen MR) is 60.7 cm³/mol. The number of nitrogens with zero attached hydrogens (tertiary/aromatic N) is 1. The van der Waals surface area contributed by atoms with Gasteiger partial charge in [-0.3, -0.25) is 0 Å². The number of rotatable bonds is 3. The second-order valence-electron chi connectivity index (χ2n) is 3.66. The van der Waals surface area contributed by atoms with E-state index in [0.29, 0.717) is 5.69 Å². The molecular formula is C11H13BrF3N. The highest BCUT2D eigenvalue weighted by Gasteiger charge is 2.33. The van der Waals surface area contributed by atoms with Gasteiger partial charge >= 0.3 is 6.18 Å². The summed E-state index contributed by atoms with van der Waals surface area (Å²) < 4.78 is 37.3. The van der Waals surface area contributed by atoms with Crippen LogP contribution >= 0.6 is 15.9 Å². The highest BCUT2D eigenvalue weighted by atomic mass is 79.9. The van der Waals surface area contributed by atoms with E-state index in [1.165, 1.54) is 6.07 Å². The van der Waals surface area contributed by atoms with Gasteiger partial charge in [-0.05, 0) is 18.6 Å². The van der Waals surface area contributed by atoms with Crippen molar-refractivity contribution in [2.75, 3.05) is 0 Å². The maximum absolute atomic E-state index is 12.4. The number of alkyl halides is 4. The van der Waals surface area contributed by atoms with Crippen LogP contribution in [0.25, 0.3) is 0 Å². The maximum Gasteiger partial charge on any atom is 0.433 e.